The van der Waals surface area contributed by atoms with Gasteiger partial charge in [-0.1, -0.05) is 32.9 Å². The highest BCUT2D eigenvalue weighted by Crippen LogP contribution is 2.28. The van der Waals surface area contributed by atoms with Crippen molar-refractivity contribution in [2.75, 3.05) is 17.8 Å². The van der Waals surface area contributed by atoms with E-state index >= 15 is 0 Å². The van der Waals surface area contributed by atoms with Gasteiger partial charge in [0.1, 0.15) is 0 Å². The van der Waals surface area contributed by atoms with Gasteiger partial charge in [-0.15, -0.1) is 0 Å². The van der Waals surface area contributed by atoms with Gasteiger partial charge < -0.3 is 0 Å². The Kier molecular flexibility index (Phi) is 3.15. The molecule has 0 bridgehead atoms. The van der Waals surface area contributed by atoms with Gasteiger partial charge in [-0.25, -0.2) is 0 Å². The van der Waals surface area contributed by atoms with Gasteiger partial charge >= 0.3 is 10.2 Å². The third-order valence-electron chi connectivity index (χ3n) is 3.09. The van der Waals surface area contributed by atoms with Gasteiger partial charge in [0.05, 0.1) is 5.69 Å². The fourth-order valence-corrected chi connectivity index (χ4v) is 2.87. The molecule has 1 aromatic carbocycles. The molecule has 1 N–H and O–H groups in total. The molecule has 100 valence electrons. The van der Waals surface area contributed by atoms with Crippen molar-refractivity contribution >= 4 is 15.9 Å². The van der Waals surface area contributed by atoms with Crippen LogP contribution in [0.4, 0.5) is 5.69 Å². The molecule has 1 aliphatic heterocycles. The molecule has 1 heterocycles. The van der Waals surface area contributed by atoms with Crippen LogP contribution in [0.5, 0.6) is 0 Å². The summed E-state index contributed by atoms with van der Waals surface area (Å²) in [5, 5.41) is 0. The molecule has 4 nitrogen and oxygen atoms in total. The molecule has 2 rings (SSSR count). The molecule has 1 aromatic rings. The van der Waals surface area contributed by atoms with Crippen LogP contribution in [0.3, 0.4) is 0 Å². The summed E-state index contributed by atoms with van der Waals surface area (Å²) >= 11 is 0. The minimum atomic E-state index is -3.34. The molecule has 0 spiro atoms. The zero-order chi connectivity index (χ0) is 13.6. The molecule has 1 fully saturated rings. The highest BCUT2D eigenvalue weighted by atomic mass is 32.2. The van der Waals surface area contributed by atoms with Crippen LogP contribution >= 0.6 is 0 Å². The van der Waals surface area contributed by atoms with E-state index in [0.717, 1.165) is 11.1 Å². The summed E-state index contributed by atoms with van der Waals surface area (Å²) in [6.07, 6.45) is 0. The molecule has 0 aromatic heterocycles. The Labute approximate surface area is 109 Å². The van der Waals surface area contributed by atoms with Gasteiger partial charge in [0.25, 0.3) is 0 Å². The maximum Gasteiger partial charge on any atom is 0.301 e. The maximum absolute atomic E-state index is 11.9. The summed E-state index contributed by atoms with van der Waals surface area (Å²) in [7, 11) is -3.34. The lowest BCUT2D eigenvalue weighted by atomic mass is 9.86. The summed E-state index contributed by atoms with van der Waals surface area (Å²) in [5.74, 6) is 0. The summed E-state index contributed by atoms with van der Waals surface area (Å²) in [6, 6.07) is 5.93. The Hall–Kier alpha value is -1.07. The molecule has 0 unspecified atom stereocenters. The van der Waals surface area contributed by atoms with Crippen molar-refractivity contribution in [1.29, 1.82) is 0 Å². The van der Waals surface area contributed by atoms with Crippen molar-refractivity contribution in [3.05, 3.63) is 29.3 Å². The normalized spacial score (nSPS) is 16.7. The fraction of sp³-hybridized carbons (Fsp3) is 0.538. The Morgan fingerprint density at radius 1 is 1.22 bits per heavy atom. The molecule has 0 aliphatic carbocycles. The number of nitrogens with one attached hydrogen (secondary N) is 1. The lowest BCUT2D eigenvalue weighted by molar-refractivity contribution is 0.569. The Balaban J connectivity index is 2.32. The van der Waals surface area contributed by atoms with Crippen LogP contribution in [-0.2, 0) is 15.6 Å². The molecular formula is C13H20N2O2S. The monoisotopic (exact) mass is 268 g/mol. The van der Waals surface area contributed by atoms with Crippen LogP contribution in [0, 0.1) is 6.92 Å². The predicted molar refractivity (Wildman–Crippen MR) is 74.0 cm³/mol. The SMILES string of the molecule is Cc1ccc(C(C)(C)C)cc1NS(=O)(=O)N1CC1. The third-order valence-corrected chi connectivity index (χ3v) is 4.61. The van der Waals surface area contributed by atoms with Crippen molar-refractivity contribution in [2.45, 2.75) is 33.1 Å². The molecule has 18 heavy (non-hydrogen) atoms. The smallest absolute Gasteiger partial charge is 0.271 e. The van der Waals surface area contributed by atoms with Crippen molar-refractivity contribution in [1.82, 2.24) is 4.31 Å². The third kappa shape index (κ3) is 2.84. The van der Waals surface area contributed by atoms with E-state index in [1.807, 2.05) is 25.1 Å². The molecule has 0 radical (unpaired) electrons. The van der Waals surface area contributed by atoms with Crippen molar-refractivity contribution in [3.8, 4) is 0 Å². The summed E-state index contributed by atoms with van der Waals surface area (Å²) in [5.41, 5.74) is 2.74. The van der Waals surface area contributed by atoms with E-state index in [1.54, 1.807) is 0 Å². The lowest BCUT2D eigenvalue weighted by Gasteiger charge is -2.21. The van der Waals surface area contributed by atoms with E-state index in [4.69, 9.17) is 0 Å². The topological polar surface area (TPSA) is 49.2 Å². The van der Waals surface area contributed by atoms with Crippen molar-refractivity contribution in [2.24, 2.45) is 0 Å². The Morgan fingerprint density at radius 3 is 2.33 bits per heavy atom. The molecule has 5 heteroatoms. The van der Waals surface area contributed by atoms with Crippen LogP contribution in [0.1, 0.15) is 31.9 Å². The second kappa shape index (κ2) is 4.24. The average molecular weight is 268 g/mol. The van der Waals surface area contributed by atoms with Crippen molar-refractivity contribution < 1.29 is 8.42 Å². The zero-order valence-electron chi connectivity index (χ0n) is 11.3. The van der Waals surface area contributed by atoms with E-state index in [-0.39, 0.29) is 5.41 Å². The van der Waals surface area contributed by atoms with Gasteiger partial charge in [-0.05, 0) is 29.5 Å². The van der Waals surface area contributed by atoms with Gasteiger partial charge in [-0.2, -0.15) is 12.7 Å². The number of hydrogen-bond acceptors (Lipinski definition) is 2. The first-order valence-corrected chi connectivity index (χ1v) is 7.53. The van der Waals surface area contributed by atoms with Crippen LogP contribution in [0.2, 0.25) is 0 Å². The summed E-state index contributed by atoms with van der Waals surface area (Å²) < 4.78 is 27.9. The van der Waals surface area contributed by atoms with Gasteiger partial charge in [0.2, 0.25) is 0 Å². The van der Waals surface area contributed by atoms with Gasteiger partial charge in [0, 0.05) is 13.1 Å². The first kappa shape index (κ1) is 13.4. The van der Waals surface area contributed by atoms with Crippen LogP contribution in [0.15, 0.2) is 18.2 Å². The average Bonchev–Trinajstić information content (AvgIpc) is 3.02. The molecular weight excluding hydrogens is 248 g/mol. The maximum atomic E-state index is 11.9. The van der Waals surface area contributed by atoms with Crippen LogP contribution in [-0.4, -0.2) is 25.8 Å². The van der Waals surface area contributed by atoms with Crippen molar-refractivity contribution in [3.63, 3.8) is 0 Å². The number of aryl methyl sites for hydroxylation is 1. The minimum Gasteiger partial charge on any atom is -0.271 e. The highest BCUT2D eigenvalue weighted by molar-refractivity contribution is 7.90. The molecule has 0 atom stereocenters. The zero-order valence-corrected chi connectivity index (χ0v) is 12.1. The fourth-order valence-electron chi connectivity index (χ4n) is 1.68. The lowest BCUT2D eigenvalue weighted by Crippen LogP contribution is -2.22. The van der Waals surface area contributed by atoms with Crippen LogP contribution < -0.4 is 4.72 Å². The van der Waals surface area contributed by atoms with E-state index < -0.39 is 10.2 Å². The summed E-state index contributed by atoms with van der Waals surface area (Å²) in [6.45, 7) is 9.48. The Bertz CT molecular complexity index is 555. The number of anilines is 1. The molecule has 1 aliphatic rings. The summed E-state index contributed by atoms with van der Waals surface area (Å²) in [4.78, 5) is 0. The van der Waals surface area contributed by atoms with E-state index in [0.29, 0.717) is 18.8 Å². The predicted octanol–water partition coefficient (Wildman–Crippen LogP) is 2.26. The number of rotatable bonds is 3. The minimum absolute atomic E-state index is 0.00770. The largest absolute Gasteiger partial charge is 0.301 e. The second-order valence-corrected chi connectivity index (χ2v) is 7.46. The van der Waals surface area contributed by atoms with E-state index in [2.05, 4.69) is 25.5 Å². The van der Waals surface area contributed by atoms with E-state index in [1.165, 1.54) is 4.31 Å². The highest BCUT2D eigenvalue weighted by Gasteiger charge is 2.32. The first-order valence-electron chi connectivity index (χ1n) is 6.09. The molecule has 0 amide bonds. The standard InChI is InChI=1S/C13H20N2O2S/c1-10-5-6-11(13(2,3)4)9-12(10)14-18(16,17)15-7-8-15/h5-6,9,14H,7-8H2,1-4H3. The van der Waals surface area contributed by atoms with E-state index in [9.17, 15) is 8.42 Å². The first-order chi connectivity index (χ1) is 8.20. The number of nitrogens with zero attached hydrogens (tertiary/aromatic N) is 1. The quantitative estimate of drug-likeness (QED) is 0.855. The molecule has 1 saturated heterocycles. The second-order valence-electron chi connectivity index (χ2n) is 5.79. The van der Waals surface area contributed by atoms with Crippen LogP contribution in [0.25, 0.3) is 0 Å². The Morgan fingerprint density at radius 2 is 1.83 bits per heavy atom. The molecule has 0 saturated carbocycles. The van der Waals surface area contributed by atoms with Gasteiger partial charge in [-0.3, -0.25) is 4.72 Å². The van der Waals surface area contributed by atoms with Gasteiger partial charge in [0.15, 0.2) is 0 Å². The number of benzene rings is 1. The number of hydrogen-bond donors (Lipinski definition) is 1.